The van der Waals surface area contributed by atoms with Crippen LogP contribution in [0.4, 0.5) is 17.1 Å². The van der Waals surface area contributed by atoms with Crippen molar-refractivity contribution in [1.82, 2.24) is 4.57 Å². The van der Waals surface area contributed by atoms with E-state index in [2.05, 4.69) is 217 Å². The SMILES string of the molecule is CC1(C)c2ccccc2-c2ccc(N(c3ccccc3)c3ccc4c(c3)C3(c5ccccc5-n5c6ccccc6c6cccc3c65)c3ccccc3P4(=O)c3ccccc3)cc21. The highest BCUT2D eigenvalue weighted by Gasteiger charge is 2.54. The average Bonchev–Trinajstić information content (AvgIpc) is 3.78. The van der Waals surface area contributed by atoms with Crippen LogP contribution in [-0.4, -0.2) is 4.57 Å². The van der Waals surface area contributed by atoms with Gasteiger partial charge in [0.05, 0.1) is 22.1 Å². The van der Waals surface area contributed by atoms with Gasteiger partial charge in [-0.2, -0.15) is 0 Å². The van der Waals surface area contributed by atoms with Crippen molar-refractivity contribution < 1.29 is 4.57 Å². The van der Waals surface area contributed by atoms with Crippen molar-refractivity contribution in [2.75, 3.05) is 4.90 Å². The molecule has 3 heterocycles. The molecule has 10 aromatic rings. The summed E-state index contributed by atoms with van der Waals surface area (Å²) in [6.45, 7) is 4.69. The number of para-hydroxylation sites is 4. The summed E-state index contributed by atoms with van der Waals surface area (Å²) in [4.78, 5) is 2.40. The van der Waals surface area contributed by atoms with Crippen LogP contribution in [0.3, 0.4) is 0 Å². The molecule has 9 aromatic carbocycles. The minimum Gasteiger partial charge on any atom is -0.310 e. The maximum Gasteiger partial charge on any atom is 0.171 e. The smallest absolute Gasteiger partial charge is 0.171 e. The number of rotatable bonds is 4. The highest BCUT2D eigenvalue weighted by atomic mass is 31.2. The van der Waals surface area contributed by atoms with E-state index in [-0.39, 0.29) is 5.41 Å². The summed E-state index contributed by atoms with van der Waals surface area (Å²) < 4.78 is 19.2. The van der Waals surface area contributed by atoms with E-state index < -0.39 is 12.6 Å². The molecule has 13 rings (SSSR count). The number of fused-ring (bicyclic) bond motifs is 14. The third-order valence-corrected chi connectivity index (χ3v) is 17.4. The van der Waals surface area contributed by atoms with E-state index >= 15 is 4.57 Å². The van der Waals surface area contributed by atoms with E-state index in [1.807, 2.05) is 18.2 Å². The number of hydrogen-bond donors (Lipinski definition) is 0. The molecule has 2 aliphatic heterocycles. The van der Waals surface area contributed by atoms with Gasteiger partial charge < -0.3 is 14.0 Å². The van der Waals surface area contributed by atoms with Crippen molar-refractivity contribution in [2.24, 2.45) is 0 Å². The van der Waals surface area contributed by atoms with Crippen molar-refractivity contribution in [1.29, 1.82) is 0 Å². The molecule has 3 aliphatic rings. The number of nitrogens with zero attached hydrogens (tertiary/aromatic N) is 2. The molecular weight excluding hydrogens is 772 g/mol. The Morgan fingerprint density at radius 1 is 0.435 bits per heavy atom. The summed E-state index contributed by atoms with van der Waals surface area (Å²) in [7, 11) is -3.42. The Hall–Kier alpha value is -7.19. The van der Waals surface area contributed by atoms with Crippen LogP contribution in [0.5, 0.6) is 0 Å². The van der Waals surface area contributed by atoms with E-state index in [4.69, 9.17) is 0 Å². The Balaban J connectivity index is 1.16. The molecule has 0 fully saturated rings. The van der Waals surface area contributed by atoms with Crippen molar-refractivity contribution in [2.45, 2.75) is 24.7 Å². The summed E-state index contributed by atoms with van der Waals surface area (Å²) >= 11 is 0. The molecule has 0 N–H and O–H groups in total. The van der Waals surface area contributed by atoms with Gasteiger partial charge in [-0.1, -0.05) is 172 Å². The molecule has 0 amide bonds. The second kappa shape index (κ2) is 12.7. The zero-order valence-electron chi connectivity index (χ0n) is 34.5. The van der Waals surface area contributed by atoms with Crippen molar-refractivity contribution >= 4 is 61.9 Å². The van der Waals surface area contributed by atoms with Gasteiger partial charge in [0.2, 0.25) is 0 Å². The highest BCUT2D eigenvalue weighted by molar-refractivity contribution is 7.85. The highest BCUT2D eigenvalue weighted by Crippen LogP contribution is 2.61. The maximum absolute atomic E-state index is 16.8. The summed E-state index contributed by atoms with van der Waals surface area (Å²) in [5, 5.41) is 5.05. The molecule has 1 aromatic heterocycles. The molecule has 62 heavy (non-hydrogen) atoms. The van der Waals surface area contributed by atoms with Gasteiger partial charge in [-0.25, -0.2) is 0 Å². The topological polar surface area (TPSA) is 25.2 Å². The molecule has 2 unspecified atom stereocenters. The third kappa shape index (κ3) is 4.43. The van der Waals surface area contributed by atoms with Crippen LogP contribution < -0.4 is 20.8 Å². The van der Waals surface area contributed by atoms with Crippen LogP contribution in [-0.2, 0) is 15.4 Å². The first kappa shape index (κ1) is 35.6. The Kier molecular flexibility index (Phi) is 7.27. The number of anilines is 3. The van der Waals surface area contributed by atoms with E-state index in [9.17, 15) is 0 Å². The predicted octanol–water partition coefficient (Wildman–Crippen LogP) is 13.2. The lowest BCUT2D eigenvalue weighted by atomic mass is 9.62. The monoisotopic (exact) mass is 812 g/mol. The first-order valence-electron chi connectivity index (χ1n) is 21.5. The Labute approximate surface area is 361 Å². The van der Waals surface area contributed by atoms with E-state index in [0.717, 1.165) is 49.8 Å². The zero-order valence-corrected chi connectivity index (χ0v) is 35.4. The van der Waals surface area contributed by atoms with Crippen LogP contribution in [0.2, 0.25) is 0 Å². The van der Waals surface area contributed by atoms with E-state index in [1.54, 1.807) is 0 Å². The van der Waals surface area contributed by atoms with Crippen LogP contribution >= 0.6 is 7.14 Å². The van der Waals surface area contributed by atoms with Crippen LogP contribution in [0.15, 0.2) is 212 Å². The normalized spacial score (nSPS) is 18.5. The molecule has 0 saturated carbocycles. The fraction of sp³-hybridized carbons (Fsp3) is 0.0690. The van der Waals surface area contributed by atoms with Gasteiger partial charge in [-0.15, -0.1) is 0 Å². The summed E-state index contributed by atoms with van der Waals surface area (Å²) in [6.07, 6.45) is 0. The van der Waals surface area contributed by atoms with Crippen LogP contribution in [0.1, 0.15) is 47.2 Å². The molecule has 1 aliphatic carbocycles. The van der Waals surface area contributed by atoms with Crippen LogP contribution in [0.25, 0.3) is 38.6 Å². The zero-order chi connectivity index (χ0) is 41.4. The Bertz CT molecular complexity index is 3550. The fourth-order valence-electron chi connectivity index (χ4n) is 11.6. The summed E-state index contributed by atoms with van der Waals surface area (Å²) in [5.74, 6) is 0. The molecule has 4 heteroatoms. The van der Waals surface area contributed by atoms with E-state index in [0.29, 0.717) is 0 Å². The predicted molar refractivity (Wildman–Crippen MR) is 258 cm³/mol. The van der Waals surface area contributed by atoms with Crippen molar-refractivity contribution in [3.8, 4) is 16.8 Å². The van der Waals surface area contributed by atoms with Crippen molar-refractivity contribution in [3.63, 3.8) is 0 Å². The second-order valence-electron chi connectivity index (χ2n) is 17.6. The van der Waals surface area contributed by atoms with Gasteiger partial charge >= 0.3 is 0 Å². The first-order valence-corrected chi connectivity index (χ1v) is 23.3. The molecular formula is C58H41N2OP. The average molecular weight is 813 g/mol. The van der Waals surface area contributed by atoms with E-state index in [1.165, 1.54) is 55.2 Å². The maximum atomic E-state index is 16.8. The van der Waals surface area contributed by atoms with Gasteiger partial charge in [0.15, 0.2) is 7.14 Å². The Morgan fingerprint density at radius 3 is 1.84 bits per heavy atom. The molecule has 0 saturated heterocycles. The lowest BCUT2D eigenvalue weighted by Gasteiger charge is -2.48. The summed E-state index contributed by atoms with van der Waals surface area (Å²) in [6, 6.07) is 76.6. The van der Waals surface area contributed by atoms with Gasteiger partial charge in [0.25, 0.3) is 0 Å². The molecule has 2 atom stereocenters. The van der Waals surface area contributed by atoms with Gasteiger partial charge in [-0.05, 0) is 99.1 Å². The van der Waals surface area contributed by atoms with Crippen LogP contribution in [0, 0.1) is 0 Å². The lowest BCUT2D eigenvalue weighted by Crippen LogP contribution is -2.48. The Morgan fingerprint density at radius 2 is 1.02 bits per heavy atom. The molecule has 0 bridgehead atoms. The van der Waals surface area contributed by atoms with Gasteiger partial charge in [-0.3, -0.25) is 0 Å². The minimum absolute atomic E-state index is 0.167. The lowest BCUT2D eigenvalue weighted by molar-refractivity contribution is 0.590. The van der Waals surface area contributed by atoms with Crippen molar-refractivity contribution in [3.05, 3.63) is 246 Å². The molecule has 294 valence electrons. The first-order chi connectivity index (χ1) is 30.4. The quantitative estimate of drug-likeness (QED) is 0.165. The summed E-state index contributed by atoms with van der Waals surface area (Å²) in [5.41, 5.74) is 15.4. The molecule has 1 spiro atoms. The van der Waals surface area contributed by atoms with Gasteiger partial charge in [0.1, 0.15) is 0 Å². The standard InChI is InChI=1S/C58H41N2OP/c1-57(2)46-25-11-9-22-42(46)43-34-32-39(36-50(43)57)59(38-18-5-3-6-19-38)40-33-35-55-51(37-40)58(48-27-13-16-31-54(48)62(55,61)41-20-7-4-8-21-41)47-26-12-15-30-53(47)60-52-29-14-10-23-44(52)45-24-17-28-49(58)56(45)60/h3-37H,1-2H3. The fourth-order valence-corrected chi connectivity index (χ4v) is 14.8. The molecule has 0 radical (unpaired) electrons. The molecule has 3 nitrogen and oxygen atoms in total. The second-order valence-corrected chi connectivity index (χ2v) is 20.3. The third-order valence-electron chi connectivity index (χ3n) is 14.2. The minimum atomic E-state index is -3.42. The van der Waals surface area contributed by atoms with Gasteiger partial charge in [0, 0.05) is 49.2 Å². The number of hydrogen-bond acceptors (Lipinski definition) is 2. The number of benzene rings is 9. The number of aromatic nitrogens is 1. The largest absolute Gasteiger partial charge is 0.310 e.